The Bertz CT molecular complexity index is 249. The van der Waals surface area contributed by atoms with Crippen LogP contribution in [-0.4, -0.2) is 88.9 Å². The van der Waals surface area contributed by atoms with Crippen LogP contribution in [0.2, 0.25) is 0 Å². The van der Waals surface area contributed by atoms with E-state index in [1.807, 2.05) is 63.4 Å². The molecule has 0 heterocycles. The molecule has 0 saturated heterocycles. The van der Waals surface area contributed by atoms with Crippen LogP contribution in [0.1, 0.15) is 19.8 Å². The summed E-state index contributed by atoms with van der Waals surface area (Å²) in [5, 5.41) is 0. The Hall–Kier alpha value is -0.280. The summed E-state index contributed by atoms with van der Waals surface area (Å²) in [6, 6.07) is 0. The van der Waals surface area contributed by atoms with Gasteiger partial charge >= 0.3 is 0 Å². The average molecular weight is 296 g/mol. The minimum absolute atomic E-state index is 0.281. The highest BCUT2D eigenvalue weighted by Crippen LogP contribution is 2.23. The van der Waals surface area contributed by atoms with E-state index < -0.39 is 0 Å². The first-order chi connectivity index (χ1) is 8.68. The molecule has 0 aliphatic rings. The Morgan fingerprint density at radius 2 is 0.900 bits per heavy atom. The van der Waals surface area contributed by atoms with Gasteiger partial charge in [0, 0.05) is 6.42 Å². The molecule has 0 aromatic carbocycles. The van der Waals surface area contributed by atoms with Crippen LogP contribution < -0.4 is 0 Å². The van der Waals surface area contributed by atoms with E-state index >= 15 is 0 Å². The number of hydrogen-bond donors (Lipinski definition) is 0. The number of nitrogens with zero attached hydrogens (tertiary/aromatic N) is 4. The predicted octanol–water partition coefficient (Wildman–Crippen LogP) is 1.26. The quantitative estimate of drug-likeness (QED) is 0.474. The van der Waals surface area contributed by atoms with Crippen molar-refractivity contribution in [2.75, 3.05) is 70.0 Å². The topological polar surface area (TPSA) is 27.7 Å². The molecule has 0 aromatic rings. The van der Waals surface area contributed by atoms with Gasteiger partial charge in [-0.15, -0.1) is 13.9 Å². The zero-order chi connectivity index (χ0) is 16.2. The van der Waals surface area contributed by atoms with Crippen LogP contribution in [0.15, 0.2) is 0 Å². The van der Waals surface area contributed by atoms with Crippen molar-refractivity contribution in [1.82, 2.24) is 0 Å². The molecule has 0 bridgehead atoms. The Morgan fingerprint density at radius 1 is 0.600 bits per heavy atom. The third-order valence-electron chi connectivity index (χ3n) is 1.89. The summed E-state index contributed by atoms with van der Waals surface area (Å²) >= 11 is 0. The molecular formula is C13H36N4O3+4. The number of unbranched alkanes of at least 4 members (excludes halogenated alkanes) is 1. The van der Waals surface area contributed by atoms with Gasteiger partial charge in [0.1, 0.15) is 63.4 Å². The lowest BCUT2D eigenvalue weighted by Crippen LogP contribution is -2.65. The van der Waals surface area contributed by atoms with Gasteiger partial charge in [-0.2, -0.15) is 0 Å². The summed E-state index contributed by atoms with van der Waals surface area (Å²) in [4.78, 5) is 17.9. The average Bonchev–Trinajstić information content (AvgIpc) is 2.05. The van der Waals surface area contributed by atoms with E-state index in [9.17, 15) is 0 Å². The summed E-state index contributed by atoms with van der Waals surface area (Å²) in [6.07, 6.45) is 1.99. The molecular weight excluding hydrogens is 260 g/mol. The van der Waals surface area contributed by atoms with Crippen LogP contribution in [0.25, 0.3) is 0 Å². The van der Waals surface area contributed by atoms with Crippen molar-refractivity contribution in [3.8, 4) is 0 Å². The molecule has 7 heteroatoms. The molecule has 7 nitrogen and oxygen atoms in total. The highest BCUT2D eigenvalue weighted by atomic mass is 17.3. The van der Waals surface area contributed by atoms with Crippen LogP contribution in [0, 0.1) is 0 Å². The lowest BCUT2D eigenvalue weighted by Gasteiger charge is -2.35. The molecule has 0 aliphatic carbocycles. The van der Waals surface area contributed by atoms with E-state index in [0.29, 0.717) is 6.54 Å². The number of hydrogen-bond acceptors (Lipinski definition) is 3. The van der Waals surface area contributed by atoms with Crippen LogP contribution >= 0.6 is 0 Å². The van der Waals surface area contributed by atoms with Gasteiger partial charge < -0.3 is 0 Å². The van der Waals surface area contributed by atoms with Gasteiger partial charge in [0.15, 0.2) is 6.54 Å². The van der Waals surface area contributed by atoms with Crippen LogP contribution in [0.5, 0.6) is 0 Å². The van der Waals surface area contributed by atoms with Crippen LogP contribution in [0.4, 0.5) is 0 Å². The van der Waals surface area contributed by atoms with Crippen molar-refractivity contribution >= 4 is 0 Å². The second-order valence-corrected chi connectivity index (χ2v) is 7.60. The highest BCUT2D eigenvalue weighted by Gasteiger charge is 2.53. The van der Waals surface area contributed by atoms with Gasteiger partial charge in [0.25, 0.3) is 4.97 Å². The first kappa shape index (κ1) is 19.7. The zero-order valence-electron chi connectivity index (χ0n) is 15.1. The van der Waals surface area contributed by atoms with Crippen molar-refractivity contribution in [2.24, 2.45) is 0 Å². The first-order valence-electron chi connectivity index (χ1n) is 7.14. The Balaban J connectivity index is 5.38. The van der Waals surface area contributed by atoms with Crippen LogP contribution in [-0.2, 0) is 14.8 Å². The Kier molecular flexibility index (Phi) is 6.56. The zero-order valence-corrected chi connectivity index (χ0v) is 15.1. The molecule has 0 fully saturated rings. The number of rotatable bonds is 9. The van der Waals surface area contributed by atoms with E-state index in [1.54, 1.807) is 0 Å². The minimum atomic E-state index is -0.301. The molecule has 0 aromatic heterocycles. The summed E-state index contributed by atoms with van der Waals surface area (Å²) in [5.41, 5.74) is 0. The summed E-state index contributed by atoms with van der Waals surface area (Å²) < 4.78 is 0.844. The fourth-order valence-corrected chi connectivity index (χ4v) is 1.64. The Labute approximate surface area is 124 Å². The van der Waals surface area contributed by atoms with E-state index in [1.165, 1.54) is 0 Å². The summed E-state index contributed by atoms with van der Waals surface area (Å²) in [5.74, 6) is 0. The van der Waals surface area contributed by atoms with Crippen molar-refractivity contribution in [1.29, 1.82) is 0 Å². The Morgan fingerprint density at radius 3 is 1.10 bits per heavy atom. The third-order valence-corrected chi connectivity index (χ3v) is 1.89. The van der Waals surface area contributed by atoms with Crippen molar-refractivity contribution < 1.29 is 33.7 Å². The number of hydroxylamine groups is 12. The van der Waals surface area contributed by atoms with E-state index in [-0.39, 0.29) is 18.9 Å². The molecule has 0 saturated carbocycles. The molecule has 0 aliphatic heterocycles. The largest absolute Gasteiger partial charge is 0.252 e. The molecule has 0 amide bonds. The maximum atomic E-state index is 6.08. The van der Waals surface area contributed by atoms with Gasteiger partial charge in [0.05, 0.1) is 14.8 Å². The monoisotopic (exact) mass is 296 g/mol. The van der Waals surface area contributed by atoms with Gasteiger partial charge in [0.2, 0.25) is 0 Å². The standard InChI is InChI=1S/C13H36N4O3/c1-11-12-13-17(18-14(2,3)4,19-15(5,6)7)20-16(8,9)10/h11-13H2,1-10H3/q+4. The number of quaternary nitrogens is 4. The highest BCUT2D eigenvalue weighted by molar-refractivity contribution is 4.25. The van der Waals surface area contributed by atoms with Crippen molar-refractivity contribution in [3.05, 3.63) is 0 Å². The molecule has 0 N–H and O–H groups in total. The maximum Gasteiger partial charge on any atom is 0.252 e. The summed E-state index contributed by atoms with van der Waals surface area (Å²) in [7, 11) is 17.5. The second-order valence-electron chi connectivity index (χ2n) is 7.60. The summed E-state index contributed by atoms with van der Waals surface area (Å²) in [6.45, 7) is 2.76. The first-order valence-corrected chi connectivity index (χ1v) is 7.14. The normalized spacial score (nSPS) is 14.7. The molecule has 20 heavy (non-hydrogen) atoms. The molecule has 0 atom stereocenters. The predicted molar refractivity (Wildman–Crippen MR) is 77.4 cm³/mol. The molecule has 0 radical (unpaired) electrons. The molecule has 0 spiro atoms. The third kappa shape index (κ3) is 9.60. The minimum Gasteiger partial charge on any atom is -0.127 e. The molecule has 0 unspecified atom stereocenters. The van der Waals surface area contributed by atoms with Crippen molar-refractivity contribution in [2.45, 2.75) is 19.8 Å². The van der Waals surface area contributed by atoms with Gasteiger partial charge in [-0.25, -0.2) is 0 Å². The van der Waals surface area contributed by atoms with E-state index in [0.717, 1.165) is 12.8 Å². The van der Waals surface area contributed by atoms with Gasteiger partial charge in [-0.05, 0) is 0 Å². The molecule has 122 valence electrons. The fraction of sp³-hybridized carbons (Fsp3) is 1.00. The smallest absolute Gasteiger partial charge is 0.127 e. The lowest BCUT2D eigenvalue weighted by atomic mass is 10.3. The van der Waals surface area contributed by atoms with Gasteiger partial charge in [-0.1, -0.05) is 13.3 Å². The molecule has 0 rings (SSSR count). The lowest BCUT2D eigenvalue weighted by molar-refractivity contribution is -1.61. The second kappa shape index (κ2) is 6.65. The maximum absolute atomic E-state index is 6.08. The van der Waals surface area contributed by atoms with Crippen LogP contribution in [0.3, 0.4) is 0 Å². The van der Waals surface area contributed by atoms with Crippen molar-refractivity contribution in [3.63, 3.8) is 0 Å². The van der Waals surface area contributed by atoms with Gasteiger partial charge in [-0.3, -0.25) is 0 Å². The van der Waals surface area contributed by atoms with E-state index in [4.69, 9.17) is 14.8 Å². The van der Waals surface area contributed by atoms with E-state index in [2.05, 4.69) is 6.92 Å². The SMILES string of the molecule is CCCC[N+](O[N+](C)(C)C)(O[N+](C)(C)C)O[N+](C)(C)C. The fourth-order valence-electron chi connectivity index (χ4n) is 1.64.